The molecule has 3 aromatic rings. The molecular formula is C24H20ClN3O5. The van der Waals surface area contributed by atoms with E-state index in [9.17, 15) is 14.4 Å². The summed E-state index contributed by atoms with van der Waals surface area (Å²) in [5, 5.41) is 6.51. The molecule has 33 heavy (non-hydrogen) atoms. The van der Waals surface area contributed by atoms with Crippen LogP contribution in [-0.4, -0.2) is 30.6 Å². The van der Waals surface area contributed by atoms with Crippen LogP contribution < -0.4 is 20.2 Å². The molecule has 168 valence electrons. The van der Waals surface area contributed by atoms with Crippen molar-refractivity contribution in [3.63, 3.8) is 0 Å². The van der Waals surface area contributed by atoms with Gasteiger partial charge in [-0.15, -0.1) is 0 Å². The fourth-order valence-electron chi connectivity index (χ4n) is 2.65. The van der Waals surface area contributed by atoms with Gasteiger partial charge >= 0.3 is 17.8 Å². The molecule has 0 aromatic heterocycles. The second-order valence-electron chi connectivity index (χ2n) is 6.55. The van der Waals surface area contributed by atoms with Crippen LogP contribution in [0.4, 0.5) is 5.69 Å². The number of hydrogen-bond acceptors (Lipinski definition) is 6. The lowest BCUT2D eigenvalue weighted by Gasteiger charge is -2.07. The van der Waals surface area contributed by atoms with Crippen molar-refractivity contribution in [2.24, 2.45) is 5.10 Å². The molecule has 2 N–H and O–H groups in total. The molecule has 0 aliphatic carbocycles. The Morgan fingerprint density at radius 3 is 2.42 bits per heavy atom. The standard InChI is InChI=1S/C24H20ClN3O5/c1-2-32-18-12-10-17(11-13-18)27-22(29)23(30)28-26-15-16-6-5-7-19(14-16)33-24(31)20-8-3-4-9-21(20)25/h3-15H,2H2,1H3,(H,27,29)(H,28,30). The first-order valence-electron chi connectivity index (χ1n) is 9.90. The zero-order valence-corrected chi connectivity index (χ0v) is 18.3. The lowest BCUT2D eigenvalue weighted by atomic mass is 10.2. The molecule has 0 aliphatic rings. The van der Waals surface area contributed by atoms with Crippen LogP contribution in [-0.2, 0) is 9.59 Å². The van der Waals surface area contributed by atoms with Gasteiger partial charge in [-0.3, -0.25) is 9.59 Å². The minimum atomic E-state index is -0.943. The van der Waals surface area contributed by atoms with Crippen molar-refractivity contribution in [3.8, 4) is 11.5 Å². The Hall–Kier alpha value is -4.17. The maximum Gasteiger partial charge on any atom is 0.345 e. The predicted molar refractivity (Wildman–Crippen MR) is 125 cm³/mol. The van der Waals surface area contributed by atoms with Crippen LogP contribution in [0.5, 0.6) is 11.5 Å². The number of hydrogen-bond donors (Lipinski definition) is 2. The summed E-state index contributed by atoms with van der Waals surface area (Å²) in [4.78, 5) is 36.2. The molecule has 0 fully saturated rings. The highest BCUT2D eigenvalue weighted by atomic mass is 35.5. The van der Waals surface area contributed by atoms with Crippen molar-refractivity contribution < 1.29 is 23.9 Å². The molecule has 0 saturated carbocycles. The molecule has 0 bridgehead atoms. The highest BCUT2D eigenvalue weighted by Gasteiger charge is 2.14. The number of anilines is 1. The summed E-state index contributed by atoms with van der Waals surface area (Å²) in [5.41, 5.74) is 3.36. The minimum absolute atomic E-state index is 0.240. The van der Waals surface area contributed by atoms with Gasteiger partial charge in [-0.1, -0.05) is 35.9 Å². The van der Waals surface area contributed by atoms with Crippen molar-refractivity contribution in [1.29, 1.82) is 0 Å². The molecule has 8 nitrogen and oxygen atoms in total. The quantitative estimate of drug-likeness (QED) is 0.180. The van der Waals surface area contributed by atoms with E-state index in [1.54, 1.807) is 72.8 Å². The molecular weight excluding hydrogens is 446 g/mol. The van der Waals surface area contributed by atoms with Crippen LogP contribution >= 0.6 is 11.6 Å². The fourth-order valence-corrected chi connectivity index (χ4v) is 2.87. The number of carbonyl (C=O) groups excluding carboxylic acids is 3. The summed E-state index contributed by atoms with van der Waals surface area (Å²) in [6, 6.07) is 19.6. The largest absolute Gasteiger partial charge is 0.494 e. The van der Waals surface area contributed by atoms with Crippen molar-refractivity contribution in [1.82, 2.24) is 5.43 Å². The van der Waals surface area contributed by atoms with Crippen LogP contribution in [0.1, 0.15) is 22.8 Å². The Morgan fingerprint density at radius 1 is 0.939 bits per heavy atom. The monoisotopic (exact) mass is 465 g/mol. The Kier molecular flexibility index (Phi) is 8.15. The zero-order chi connectivity index (χ0) is 23.6. The van der Waals surface area contributed by atoms with E-state index in [2.05, 4.69) is 15.8 Å². The van der Waals surface area contributed by atoms with Gasteiger partial charge in [0.15, 0.2) is 0 Å². The molecule has 0 spiro atoms. The first-order chi connectivity index (χ1) is 16.0. The Bertz CT molecular complexity index is 1180. The third-order valence-corrected chi connectivity index (χ3v) is 4.50. The third-order valence-electron chi connectivity index (χ3n) is 4.17. The number of rotatable bonds is 7. The van der Waals surface area contributed by atoms with E-state index >= 15 is 0 Å². The van der Waals surface area contributed by atoms with Gasteiger partial charge in [0.05, 0.1) is 23.4 Å². The molecule has 0 radical (unpaired) electrons. The molecule has 3 aromatic carbocycles. The van der Waals surface area contributed by atoms with Gasteiger partial charge in [0.25, 0.3) is 0 Å². The van der Waals surface area contributed by atoms with Gasteiger partial charge in [-0.25, -0.2) is 10.2 Å². The summed E-state index contributed by atoms with van der Waals surface area (Å²) in [7, 11) is 0. The molecule has 0 saturated heterocycles. The van der Waals surface area contributed by atoms with Crippen LogP contribution in [0.3, 0.4) is 0 Å². The summed E-state index contributed by atoms with van der Waals surface area (Å²) in [6.45, 7) is 2.39. The van der Waals surface area contributed by atoms with E-state index in [1.165, 1.54) is 6.21 Å². The number of amides is 2. The molecule has 9 heteroatoms. The van der Waals surface area contributed by atoms with E-state index in [-0.39, 0.29) is 16.3 Å². The summed E-state index contributed by atoms with van der Waals surface area (Å²) in [5.74, 6) is -1.50. The van der Waals surface area contributed by atoms with Gasteiger partial charge in [0.2, 0.25) is 0 Å². The molecule has 0 unspecified atom stereocenters. The maximum absolute atomic E-state index is 12.3. The number of hydrazone groups is 1. The van der Waals surface area contributed by atoms with E-state index in [1.807, 2.05) is 6.92 Å². The van der Waals surface area contributed by atoms with Crippen molar-refractivity contribution in [3.05, 3.63) is 88.9 Å². The molecule has 0 heterocycles. The fraction of sp³-hybridized carbons (Fsp3) is 0.0833. The zero-order valence-electron chi connectivity index (χ0n) is 17.6. The normalized spacial score (nSPS) is 10.5. The summed E-state index contributed by atoms with van der Waals surface area (Å²) in [6.07, 6.45) is 1.31. The van der Waals surface area contributed by atoms with Crippen LogP contribution in [0.15, 0.2) is 77.9 Å². The number of halogens is 1. The first kappa shape index (κ1) is 23.5. The second kappa shape index (κ2) is 11.4. The number of nitrogens with zero attached hydrogens (tertiary/aromatic N) is 1. The van der Waals surface area contributed by atoms with Gasteiger partial charge < -0.3 is 14.8 Å². The van der Waals surface area contributed by atoms with Gasteiger partial charge in [0, 0.05) is 5.69 Å². The maximum atomic E-state index is 12.3. The first-order valence-corrected chi connectivity index (χ1v) is 10.3. The molecule has 0 aliphatic heterocycles. The number of ether oxygens (including phenoxy) is 2. The van der Waals surface area contributed by atoms with E-state index in [4.69, 9.17) is 21.1 Å². The number of esters is 1. The van der Waals surface area contributed by atoms with Crippen molar-refractivity contribution in [2.45, 2.75) is 6.92 Å². The van der Waals surface area contributed by atoms with E-state index in [0.29, 0.717) is 23.6 Å². The Labute approximate surface area is 195 Å². The van der Waals surface area contributed by atoms with Crippen LogP contribution in [0.25, 0.3) is 0 Å². The summed E-state index contributed by atoms with van der Waals surface area (Å²) < 4.78 is 10.7. The SMILES string of the molecule is CCOc1ccc(NC(=O)C(=O)NN=Cc2cccc(OC(=O)c3ccccc3Cl)c2)cc1. The topological polar surface area (TPSA) is 106 Å². The van der Waals surface area contributed by atoms with E-state index < -0.39 is 17.8 Å². The van der Waals surface area contributed by atoms with Gasteiger partial charge in [0.1, 0.15) is 11.5 Å². The van der Waals surface area contributed by atoms with Crippen LogP contribution in [0, 0.1) is 0 Å². The summed E-state index contributed by atoms with van der Waals surface area (Å²) >= 11 is 6.01. The van der Waals surface area contributed by atoms with Crippen molar-refractivity contribution >= 4 is 41.3 Å². The second-order valence-corrected chi connectivity index (χ2v) is 6.96. The lowest BCUT2D eigenvalue weighted by molar-refractivity contribution is -0.136. The lowest BCUT2D eigenvalue weighted by Crippen LogP contribution is -2.32. The number of nitrogens with one attached hydrogen (secondary N) is 2. The van der Waals surface area contributed by atoms with Crippen LogP contribution in [0.2, 0.25) is 5.02 Å². The number of carbonyl (C=O) groups is 3. The average Bonchev–Trinajstić information content (AvgIpc) is 2.81. The highest BCUT2D eigenvalue weighted by Crippen LogP contribution is 2.19. The van der Waals surface area contributed by atoms with E-state index in [0.717, 1.165) is 0 Å². The molecule has 0 atom stereocenters. The molecule has 3 rings (SSSR count). The predicted octanol–water partition coefficient (Wildman–Crippen LogP) is 4.05. The number of benzene rings is 3. The molecule has 2 amide bonds. The van der Waals surface area contributed by atoms with Gasteiger partial charge in [-0.05, 0) is 61.0 Å². The Morgan fingerprint density at radius 2 is 1.70 bits per heavy atom. The highest BCUT2D eigenvalue weighted by molar-refractivity contribution is 6.39. The Balaban J connectivity index is 1.54. The third kappa shape index (κ3) is 6.91. The van der Waals surface area contributed by atoms with Crippen molar-refractivity contribution in [2.75, 3.05) is 11.9 Å². The average molecular weight is 466 g/mol. The smallest absolute Gasteiger partial charge is 0.345 e. The minimum Gasteiger partial charge on any atom is -0.494 e. The van der Waals surface area contributed by atoms with Gasteiger partial charge in [-0.2, -0.15) is 5.10 Å².